The lowest BCUT2D eigenvalue weighted by Crippen LogP contribution is -2.24. The van der Waals surface area contributed by atoms with E-state index in [-0.39, 0.29) is 6.10 Å². The van der Waals surface area contributed by atoms with Crippen molar-refractivity contribution in [2.75, 3.05) is 6.61 Å². The molecule has 0 spiro atoms. The van der Waals surface area contributed by atoms with Crippen molar-refractivity contribution < 1.29 is 14.6 Å². The van der Waals surface area contributed by atoms with E-state index in [1.165, 1.54) is 0 Å². The van der Waals surface area contributed by atoms with Crippen molar-refractivity contribution in [3.8, 4) is 11.5 Å². The number of hydrogen-bond acceptors (Lipinski definition) is 3. The van der Waals surface area contributed by atoms with Crippen LogP contribution in [-0.4, -0.2) is 37.8 Å². The Hall–Kier alpha value is -0.343. The average Bonchev–Trinajstić information content (AvgIpc) is 2.41. The summed E-state index contributed by atoms with van der Waals surface area (Å²) in [6, 6.07) is 0. The first-order valence-electron chi connectivity index (χ1n) is 5.70. The Morgan fingerprint density at radius 1 is 1.44 bits per heavy atom. The summed E-state index contributed by atoms with van der Waals surface area (Å²) in [6.07, 6.45) is -0.115. The molecule has 1 N–H and O–H groups in total. The molecule has 0 bridgehead atoms. The van der Waals surface area contributed by atoms with E-state index < -0.39 is 20.0 Å². The number of hydrogen-bond donors (Lipinski definition) is 1. The molecule has 0 radical (unpaired) electrons. The van der Waals surface area contributed by atoms with Gasteiger partial charge in [-0.05, 0) is 13.8 Å². The highest BCUT2D eigenvalue weighted by Crippen LogP contribution is 2.24. The molecular weight excluding hydrogens is 220 g/mol. The van der Waals surface area contributed by atoms with Gasteiger partial charge in [-0.25, -0.2) is 0 Å². The molecule has 1 aliphatic heterocycles. The Balaban J connectivity index is 2.41. The van der Waals surface area contributed by atoms with E-state index in [2.05, 4.69) is 31.1 Å². The average molecular weight is 242 g/mol. The molecule has 92 valence electrons. The molecule has 2 atom stereocenters. The summed E-state index contributed by atoms with van der Waals surface area (Å²) in [7, 11) is -1.40. The van der Waals surface area contributed by atoms with Gasteiger partial charge in [-0.2, -0.15) is 0 Å². The molecule has 1 fully saturated rings. The molecule has 0 aromatic rings. The van der Waals surface area contributed by atoms with Gasteiger partial charge in [0.1, 0.15) is 14.2 Å². The van der Waals surface area contributed by atoms with Crippen molar-refractivity contribution in [3.63, 3.8) is 0 Å². The highest BCUT2D eigenvalue weighted by molar-refractivity contribution is 6.83. The summed E-state index contributed by atoms with van der Waals surface area (Å²) >= 11 is 0. The monoisotopic (exact) mass is 242 g/mol. The first-order chi connectivity index (χ1) is 7.18. The van der Waals surface area contributed by atoms with Gasteiger partial charge in [0.2, 0.25) is 0 Å². The van der Waals surface area contributed by atoms with Crippen LogP contribution in [0, 0.1) is 11.5 Å². The lowest BCUT2D eigenvalue weighted by Gasteiger charge is -2.17. The molecule has 0 aromatic heterocycles. The maximum Gasteiger partial charge on any atom is 0.163 e. The zero-order chi connectivity index (χ0) is 12.4. The quantitative estimate of drug-likeness (QED) is 0.592. The number of rotatable bonds is 2. The fourth-order valence-electron chi connectivity index (χ4n) is 1.49. The summed E-state index contributed by atoms with van der Waals surface area (Å²) < 4.78 is 11.0. The number of aliphatic hydroxyl groups is 1. The van der Waals surface area contributed by atoms with Gasteiger partial charge in [-0.1, -0.05) is 25.6 Å². The summed E-state index contributed by atoms with van der Waals surface area (Å²) in [5.74, 6) is 2.39. The summed E-state index contributed by atoms with van der Waals surface area (Å²) in [5, 5.41) is 9.76. The normalized spacial score (nSPS) is 26.0. The largest absolute Gasteiger partial charge is 0.380 e. The predicted molar refractivity (Wildman–Crippen MR) is 66.6 cm³/mol. The zero-order valence-corrected chi connectivity index (χ0v) is 11.8. The molecule has 2 unspecified atom stereocenters. The topological polar surface area (TPSA) is 38.7 Å². The third-order valence-electron chi connectivity index (χ3n) is 2.17. The van der Waals surface area contributed by atoms with Crippen LogP contribution >= 0.6 is 0 Å². The minimum atomic E-state index is -1.40. The maximum atomic E-state index is 9.76. The fraction of sp³-hybridized carbons (Fsp3) is 0.833. The van der Waals surface area contributed by atoms with Crippen LogP contribution in [0.2, 0.25) is 19.6 Å². The van der Waals surface area contributed by atoms with Crippen LogP contribution in [0.5, 0.6) is 0 Å². The second-order valence-electron chi connectivity index (χ2n) is 5.72. The van der Waals surface area contributed by atoms with Crippen molar-refractivity contribution in [3.05, 3.63) is 0 Å². The molecule has 0 aliphatic carbocycles. The van der Waals surface area contributed by atoms with E-state index in [0.29, 0.717) is 13.0 Å². The Labute approximate surface area is 99.1 Å². The lowest BCUT2D eigenvalue weighted by molar-refractivity contribution is -0.140. The number of ether oxygens (including phenoxy) is 2. The lowest BCUT2D eigenvalue weighted by atomic mass is 10.2. The molecule has 16 heavy (non-hydrogen) atoms. The van der Waals surface area contributed by atoms with E-state index in [1.54, 1.807) is 0 Å². The molecule has 1 saturated heterocycles. The van der Waals surface area contributed by atoms with Gasteiger partial charge in [-0.15, -0.1) is 5.54 Å². The third kappa shape index (κ3) is 5.13. The van der Waals surface area contributed by atoms with Gasteiger partial charge in [0.15, 0.2) is 5.79 Å². The van der Waals surface area contributed by atoms with Crippen LogP contribution in [0.1, 0.15) is 20.3 Å². The van der Waals surface area contributed by atoms with E-state index >= 15 is 0 Å². The zero-order valence-electron chi connectivity index (χ0n) is 10.8. The molecular formula is C12H22O3Si. The highest BCUT2D eigenvalue weighted by Gasteiger charge is 2.33. The van der Waals surface area contributed by atoms with Crippen LogP contribution in [0.25, 0.3) is 0 Å². The van der Waals surface area contributed by atoms with Crippen LogP contribution in [0.3, 0.4) is 0 Å². The predicted octanol–water partition coefficient (Wildman–Crippen LogP) is 1.77. The molecule has 4 heteroatoms. The fourth-order valence-corrected chi connectivity index (χ4v) is 2.09. The Morgan fingerprint density at radius 2 is 2.06 bits per heavy atom. The standard InChI is InChI=1S/C12H22O3Si/c1-12(2)14-9-11(15-12)8-10(13)6-7-16(3,4)5/h10-11,13H,8-9H2,1-5H3. The van der Waals surface area contributed by atoms with Crippen LogP contribution < -0.4 is 0 Å². The molecule has 0 aromatic carbocycles. The van der Waals surface area contributed by atoms with Crippen molar-refractivity contribution in [2.24, 2.45) is 0 Å². The van der Waals surface area contributed by atoms with Gasteiger partial charge >= 0.3 is 0 Å². The van der Waals surface area contributed by atoms with E-state index in [9.17, 15) is 5.11 Å². The Morgan fingerprint density at radius 3 is 2.50 bits per heavy atom. The first-order valence-corrected chi connectivity index (χ1v) is 9.20. The summed E-state index contributed by atoms with van der Waals surface area (Å²) in [6.45, 7) is 10.8. The summed E-state index contributed by atoms with van der Waals surface area (Å²) in [4.78, 5) is 0. The van der Waals surface area contributed by atoms with E-state index in [4.69, 9.17) is 9.47 Å². The SMILES string of the molecule is CC1(C)OCC(CC(O)C#C[Si](C)(C)C)O1. The minimum absolute atomic E-state index is 0.0408. The van der Waals surface area contributed by atoms with Crippen molar-refractivity contribution in [2.45, 2.75) is 57.9 Å². The van der Waals surface area contributed by atoms with Gasteiger partial charge < -0.3 is 14.6 Å². The van der Waals surface area contributed by atoms with Crippen LogP contribution in [-0.2, 0) is 9.47 Å². The van der Waals surface area contributed by atoms with Gasteiger partial charge in [0.05, 0.1) is 12.7 Å². The molecule has 1 rings (SSSR count). The molecule has 1 aliphatic rings. The first kappa shape index (κ1) is 13.7. The van der Waals surface area contributed by atoms with Crippen molar-refractivity contribution in [1.82, 2.24) is 0 Å². The van der Waals surface area contributed by atoms with E-state index in [1.807, 2.05) is 13.8 Å². The van der Waals surface area contributed by atoms with Gasteiger partial charge in [0, 0.05) is 6.42 Å². The minimum Gasteiger partial charge on any atom is -0.380 e. The third-order valence-corrected chi connectivity index (χ3v) is 3.06. The second kappa shape index (κ2) is 4.88. The maximum absolute atomic E-state index is 9.76. The Kier molecular flexibility index (Phi) is 4.19. The molecule has 0 saturated carbocycles. The van der Waals surface area contributed by atoms with Crippen LogP contribution in [0.4, 0.5) is 0 Å². The van der Waals surface area contributed by atoms with Crippen LogP contribution in [0.15, 0.2) is 0 Å². The molecule has 0 amide bonds. The number of aliphatic hydroxyl groups excluding tert-OH is 1. The second-order valence-corrected chi connectivity index (χ2v) is 10.5. The van der Waals surface area contributed by atoms with E-state index in [0.717, 1.165) is 0 Å². The smallest absolute Gasteiger partial charge is 0.163 e. The van der Waals surface area contributed by atoms with Gasteiger partial charge in [0.25, 0.3) is 0 Å². The van der Waals surface area contributed by atoms with Crippen molar-refractivity contribution in [1.29, 1.82) is 0 Å². The Bertz CT molecular complexity index is 296. The molecule has 3 nitrogen and oxygen atoms in total. The highest BCUT2D eigenvalue weighted by atomic mass is 28.3. The van der Waals surface area contributed by atoms with Gasteiger partial charge in [-0.3, -0.25) is 0 Å². The van der Waals surface area contributed by atoms with Crippen molar-refractivity contribution >= 4 is 8.07 Å². The molecule has 1 heterocycles. The summed E-state index contributed by atoms with van der Waals surface area (Å²) in [5.41, 5.74) is 3.16.